The zero-order valence-corrected chi connectivity index (χ0v) is 11.8. The summed E-state index contributed by atoms with van der Waals surface area (Å²) < 4.78 is 0. The minimum absolute atomic E-state index is 0.134. The van der Waals surface area contributed by atoms with E-state index < -0.39 is 0 Å². The quantitative estimate of drug-likeness (QED) is 0.622. The normalized spacial score (nSPS) is 23.2. The lowest BCUT2D eigenvalue weighted by molar-refractivity contribution is -0.121. The van der Waals surface area contributed by atoms with Crippen LogP contribution in [0.2, 0.25) is 0 Å². The average Bonchev–Trinajstić information content (AvgIpc) is 2.77. The summed E-state index contributed by atoms with van der Waals surface area (Å²) in [5.74, 6) is 0.681. The molecule has 1 rings (SSSR count). The molecule has 18 heavy (non-hydrogen) atoms. The SMILES string of the molecule is CCCCCCCCC(=O)NCC1CCC(O)C1. The van der Waals surface area contributed by atoms with Crippen LogP contribution in [-0.4, -0.2) is 23.7 Å². The largest absolute Gasteiger partial charge is 0.393 e. The maximum Gasteiger partial charge on any atom is 0.220 e. The highest BCUT2D eigenvalue weighted by Gasteiger charge is 2.22. The van der Waals surface area contributed by atoms with E-state index in [0.717, 1.165) is 32.2 Å². The number of carbonyl (C=O) groups excluding carboxylic acids is 1. The van der Waals surface area contributed by atoms with Crippen LogP contribution < -0.4 is 5.32 Å². The molecule has 2 atom stereocenters. The number of rotatable bonds is 9. The van der Waals surface area contributed by atoms with E-state index in [1.807, 2.05) is 0 Å². The predicted molar refractivity (Wildman–Crippen MR) is 74.4 cm³/mol. The van der Waals surface area contributed by atoms with Gasteiger partial charge in [0.2, 0.25) is 5.91 Å². The molecule has 1 amide bonds. The highest BCUT2D eigenvalue weighted by Crippen LogP contribution is 2.24. The van der Waals surface area contributed by atoms with E-state index in [4.69, 9.17) is 0 Å². The predicted octanol–water partition coefficient (Wildman–Crippen LogP) is 3.01. The topological polar surface area (TPSA) is 49.3 Å². The Morgan fingerprint density at radius 2 is 1.89 bits per heavy atom. The van der Waals surface area contributed by atoms with Gasteiger partial charge in [-0.15, -0.1) is 0 Å². The van der Waals surface area contributed by atoms with Gasteiger partial charge in [0.25, 0.3) is 0 Å². The second-order valence-corrected chi connectivity index (χ2v) is 5.65. The van der Waals surface area contributed by atoms with E-state index in [2.05, 4.69) is 12.2 Å². The number of hydrogen-bond acceptors (Lipinski definition) is 2. The number of aliphatic hydroxyl groups is 1. The number of nitrogens with one attached hydrogen (secondary N) is 1. The molecule has 1 saturated carbocycles. The van der Waals surface area contributed by atoms with E-state index >= 15 is 0 Å². The van der Waals surface area contributed by atoms with E-state index in [0.29, 0.717) is 12.3 Å². The summed E-state index contributed by atoms with van der Waals surface area (Å²) in [6, 6.07) is 0. The second kappa shape index (κ2) is 9.37. The lowest BCUT2D eigenvalue weighted by atomic mass is 10.1. The molecule has 0 aromatic carbocycles. The average molecular weight is 255 g/mol. The van der Waals surface area contributed by atoms with Crippen LogP contribution in [0.15, 0.2) is 0 Å². The number of carbonyl (C=O) groups is 1. The molecule has 0 aromatic heterocycles. The number of hydrogen-bond donors (Lipinski definition) is 2. The van der Waals surface area contributed by atoms with Crippen molar-refractivity contribution in [1.29, 1.82) is 0 Å². The summed E-state index contributed by atoms with van der Waals surface area (Å²) in [6.45, 7) is 2.97. The molecule has 1 fully saturated rings. The number of amides is 1. The molecule has 0 radical (unpaired) electrons. The van der Waals surface area contributed by atoms with Crippen LogP contribution >= 0.6 is 0 Å². The van der Waals surface area contributed by atoms with Gasteiger partial charge in [-0.3, -0.25) is 4.79 Å². The summed E-state index contributed by atoms with van der Waals surface area (Å²) in [4.78, 5) is 11.6. The van der Waals surface area contributed by atoms with Crippen molar-refractivity contribution in [2.75, 3.05) is 6.54 Å². The molecule has 1 aliphatic carbocycles. The molecule has 0 heterocycles. The van der Waals surface area contributed by atoms with Crippen molar-refractivity contribution in [3.63, 3.8) is 0 Å². The van der Waals surface area contributed by atoms with Crippen LogP contribution in [0.4, 0.5) is 0 Å². The Hall–Kier alpha value is -0.570. The highest BCUT2D eigenvalue weighted by atomic mass is 16.3. The zero-order valence-electron chi connectivity index (χ0n) is 11.8. The van der Waals surface area contributed by atoms with E-state index in [-0.39, 0.29) is 12.0 Å². The van der Waals surface area contributed by atoms with Gasteiger partial charge < -0.3 is 10.4 Å². The molecule has 2 N–H and O–H groups in total. The first-order valence-electron chi connectivity index (χ1n) is 7.67. The summed E-state index contributed by atoms with van der Waals surface area (Å²) in [7, 11) is 0. The minimum Gasteiger partial charge on any atom is -0.393 e. The fourth-order valence-electron chi connectivity index (χ4n) is 2.65. The number of aliphatic hydroxyl groups excluding tert-OH is 1. The first-order chi connectivity index (χ1) is 8.72. The molecule has 3 heteroatoms. The van der Waals surface area contributed by atoms with Crippen LogP contribution in [0.3, 0.4) is 0 Å². The molecule has 1 aliphatic rings. The molecule has 0 bridgehead atoms. The molecular weight excluding hydrogens is 226 g/mol. The fraction of sp³-hybridized carbons (Fsp3) is 0.933. The fourth-order valence-corrected chi connectivity index (χ4v) is 2.65. The van der Waals surface area contributed by atoms with Gasteiger partial charge in [0.05, 0.1) is 6.10 Å². The van der Waals surface area contributed by atoms with Gasteiger partial charge in [0.15, 0.2) is 0 Å². The van der Waals surface area contributed by atoms with Crippen molar-refractivity contribution in [2.45, 2.75) is 77.2 Å². The highest BCUT2D eigenvalue weighted by molar-refractivity contribution is 5.75. The second-order valence-electron chi connectivity index (χ2n) is 5.65. The standard InChI is InChI=1S/C15H29NO2/c1-2-3-4-5-6-7-8-15(18)16-12-13-9-10-14(17)11-13/h13-14,17H,2-12H2,1H3,(H,16,18). The first kappa shape index (κ1) is 15.5. The third-order valence-corrected chi connectivity index (χ3v) is 3.86. The Morgan fingerprint density at radius 1 is 1.17 bits per heavy atom. The van der Waals surface area contributed by atoms with Gasteiger partial charge in [-0.1, -0.05) is 39.0 Å². The molecular formula is C15H29NO2. The zero-order chi connectivity index (χ0) is 13.2. The van der Waals surface area contributed by atoms with E-state index in [9.17, 15) is 9.90 Å². The van der Waals surface area contributed by atoms with Crippen molar-refractivity contribution in [3.8, 4) is 0 Å². The molecule has 0 saturated heterocycles. The minimum atomic E-state index is -0.134. The Kier molecular flexibility index (Phi) is 8.06. The van der Waals surface area contributed by atoms with Crippen molar-refractivity contribution in [1.82, 2.24) is 5.32 Å². The maximum atomic E-state index is 11.6. The summed E-state index contributed by atoms with van der Waals surface area (Å²) in [5.41, 5.74) is 0. The van der Waals surface area contributed by atoms with E-state index in [1.165, 1.54) is 32.1 Å². The smallest absolute Gasteiger partial charge is 0.220 e. The maximum absolute atomic E-state index is 11.6. The molecule has 0 aliphatic heterocycles. The Morgan fingerprint density at radius 3 is 2.56 bits per heavy atom. The third kappa shape index (κ3) is 7.00. The van der Waals surface area contributed by atoms with Crippen molar-refractivity contribution in [2.24, 2.45) is 5.92 Å². The Bertz CT molecular complexity index is 231. The lowest BCUT2D eigenvalue weighted by Crippen LogP contribution is -2.28. The monoisotopic (exact) mass is 255 g/mol. The van der Waals surface area contributed by atoms with Gasteiger partial charge in [-0.2, -0.15) is 0 Å². The van der Waals surface area contributed by atoms with Gasteiger partial charge in [-0.25, -0.2) is 0 Å². The van der Waals surface area contributed by atoms with Gasteiger partial charge in [0.1, 0.15) is 0 Å². The van der Waals surface area contributed by atoms with Crippen LogP contribution in [-0.2, 0) is 4.79 Å². The molecule has 106 valence electrons. The summed E-state index contributed by atoms with van der Waals surface area (Å²) >= 11 is 0. The van der Waals surface area contributed by atoms with Crippen LogP contribution in [0.5, 0.6) is 0 Å². The Balaban J connectivity index is 1.91. The van der Waals surface area contributed by atoms with Crippen LogP contribution in [0, 0.1) is 5.92 Å². The summed E-state index contributed by atoms with van der Waals surface area (Å²) in [5, 5.41) is 12.4. The molecule has 0 aromatic rings. The van der Waals surface area contributed by atoms with Crippen LogP contribution in [0.25, 0.3) is 0 Å². The van der Waals surface area contributed by atoms with Gasteiger partial charge in [-0.05, 0) is 31.6 Å². The van der Waals surface area contributed by atoms with Crippen molar-refractivity contribution >= 4 is 5.91 Å². The molecule has 2 unspecified atom stereocenters. The molecule has 0 spiro atoms. The van der Waals surface area contributed by atoms with Crippen molar-refractivity contribution in [3.05, 3.63) is 0 Å². The summed E-state index contributed by atoms with van der Waals surface area (Å²) in [6.07, 6.45) is 10.7. The van der Waals surface area contributed by atoms with E-state index in [1.54, 1.807) is 0 Å². The van der Waals surface area contributed by atoms with Crippen LogP contribution in [0.1, 0.15) is 71.1 Å². The first-order valence-corrected chi connectivity index (χ1v) is 7.67. The Labute approximate surface area is 111 Å². The third-order valence-electron chi connectivity index (χ3n) is 3.86. The molecule has 3 nitrogen and oxygen atoms in total. The van der Waals surface area contributed by atoms with Gasteiger partial charge >= 0.3 is 0 Å². The lowest BCUT2D eigenvalue weighted by Gasteiger charge is -2.10. The van der Waals surface area contributed by atoms with Gasteiger partial charge in [0, 0.05) is 13.0 Å². The number of unbranched alkanes of at least 4 members (excludes halogenated alkanes) is 5. The van der Waals surface area contributed by atoms with Crippen molar-refractivity contribution < 1.29 is 9.90 Å².